The minimum Gasteiger partial charge on any atom is -0.342 e. The van der Waals surface area contributed by atoms with E-state index in [2.05, 4.69) is 15.1 Å². The molecule has 23 heavy (non-hydrogen) atoms. The number of Topliss-reactive ketones (excluding diaryl/α,β-unsaturated/α-hetero) is 1. The van der Waals surface area contributed by atoms with Gasteiger partial charge in [-0.05, 0) is 50.8 Å². The second-order valence-electron chi connectivity index (χ2n) is 6.25. The van der Waals surface area contributed by atoms with E-state index in [1.807, 2.05) is 23.5 Å². The Hall–Kier alpha value is -2.50. The molecule has 3 aromatic rings. The van der Waals surface area contributed by atoms with Crippen molar-refractivity contribution in [1.82, 2.24) is 19.6 Å². The van der Waals surface area contributed by atoms with Crippen molar-refractivity contribution >= 4 is 28.3 Å². The molecule has 6 nitrogen and oxygen atoms in total. The number of piperidine rings is 1. The fourth-order valence-corrected chi connectivity index (χ4v) is 3.37. The molecule has 2 aromatic heterocycles. The highest BCUT2D eigenvalue weighted by molar-refractivity contribution is 6.09. The lowest BCUT2D eigenvalue weighted by molar-refractivity contribution is 0.101. The standard InChI is InChI=1S/C17H19N5O/c1-11-8-13(12(2)23)15-14(9-11)16-20-18-10-22(16)17(19-15)21-6-4-3-5-7-21/h8-10H,3-7H2,1-2H3. The third-order valence-electron chi connectivity index (χ3n) is 4.49. The molecule has 6 heteroatoms. The van der Waals surface area contributed by atoms with Crippen LogP contribution in [-0.2, 0) is 0 Å². The second-order valence-corrected chi connectivity index (χ2v) is 6.25. The van der Waals surface area contributed by atoms with Crippen molar-refractivity contribution < 1.29 is 4.79 Å². The van der Waals surface area contributed by atoms with Gasteiger partial charge in [0.15, 0.2) is 11.4 Å². The summed E-state index contributed by atoms with van der Waals surface area (Å²) >= 11 is 0. The van der Waals surface area contributed by atoms with Crippen molar-refractivity contribution in [2.24, 2.45) is 0 Å². The van der Waals surface area contributed by atoms with Gasteiger partial charge in [0.25, 0.3) is 0 Å². The van der Waals surface area contributed by atoms with Gasteiger partial charge in [0, 0.05) is 24.0 Å². The zero-order chi connectivity index (χ0) is 16.0. The predicted molar refractivity (Wildman–Crippen MR) is 89.1 cm³/mol. The van der Waals surface area contributed by atoms with Crippen LogP contribution in [0.2, 0.25) is 0 Å². The first kappa shape index (κ1) is 14.1. The molecule has 1 saturated heterocycles. The summed E-state index contributed by atoms with van der Waals surface area (Å²) in [7, 11) is 0. The average Bonchev–Trinajstić information content (AvgIpc) is 3.04. The Morgan fingerprint density at radius 2 is 1.96 bits per heavy atom. The van der Waals surface area contributed by atoms with Crippen LogP contribution < -0.4 is 4.90 Å². The lowest BCUT2D eigenvalue weighted by Gasteiger charge is -2.28. The van der Waals surface area contributed by atoms with Gasteiger partial charge in [-0.15, -0.1) is 10.2 Å². The van der Waals surface area contributed by atoms with Gasteiger partial charge in [0.2, 0.25) is 5.95 Å². The predicted octanol–water partition coefficient (Wildman–Crippen LogP) is 2.78. The largest absolute Gasteiger partial charge is 0.342 e. The van der Waals surface area contributed by atoms with Crippen molar-refractivity contribution in [2.75, 3.05) is 18.0 Å². The van der Waals surface area contributed by atoms with E-state index in [-0.39, 0.29) is 5.78 Å². The van der Waals surface area contributed by atoms with Gasteiger partial charge in [-0.3, -0.25) is 9.20 Å². The molecular weight excluding hydrogens is 290 g/mol. The first-order valence-electron chi connectivity index (χ1n) is 8.05. The molecule has 118 valence electrons. The second kappa shape index (κ2) is 5.30. The molecule has 0 aliphatic carbocycles. The van der Waals surface area contributed by atoms with Crippen LogP contribution in [0.15, 0.2) is 18.5 Å². The Balaban J connectivity index is 2.06. The van der Waals surface area contributed by atoms with E-state index in [1.54, 1.807) is 13.3 Å². The molecule has 0 N–H and O–H groups in total. The number of hydrogen-bond donors (Lipinski definition) is 0. The third-order valence-corrected chi connectivity index (χ3v) is 4.49. The minimum absolute atomic E-state index is 0.0275. The quantitative estimate of drug-likeness (QED) is 0.681. The molecule has 4 rings (SSSR count). The smallest absolute Gasteiger partial charge is 0.213 e. The number of fused-ring (bicyclic) bond motifs is 3. The van der Waals surface area contributed by atoms with Crippen molar-refractivity contribution in [2.45, 2.75) is 33.1 Å². The number of nitrogens with zero attached hydrogens (tertiary/aromatic N) is 5. The number of carbonyl (C=O) groups excluding carboxylic acids is 1. The highest BCUT2D eigenvalue weighted by atomic mass is 16.1. The molecule has 1 fully saturated rings. The molecule has 0 radical (unpaired) electrons. The fraction of sp³-hybridized carbons (Fsp3) is 0.412. The summed E-state index contributed by atoms with van der Waals surface area (Å²) in [4.78, 5) is 19.2. The molecular formula is C17H19N5O. The maximum atomic E-state index is 12.1. The summed E-state index contributed by atoms with van der Waals surface area (Å²) in [6.45, 7) is 5.53. The molecule has 3 heterocycles. The van der Waals surface area contributed by atoms with Crippen LogP contribution in [0.5, 0.6) is 0 Å². The zero-order valence-corrected chi connectivity index (χ0v) is 13.4. The molecule has 0 bridgehead atoms. The maximum Gasteiger partial charge on any atom is 0.213 e. The van der Waals surface area contributed by atoms with E-state index >= 15 is 0 Å². The lowest BCUT2D eigenvalue weighted by Crippen LogP contribution is -2.31. The van der Waals surface area contributed by atoms with Crippen LogP contribution in [0.1, 0.15) is 42.1 Å². The van der Waals surface area contributed by atoms with Crippen LogP contribution in [0.4, 0.5) is 5.95 Å². The summed E-state index contributed by atoms with van der Waals surface area (Å²) in [5.74, 6) is 0.864. The topological polar surface area (TPSA) is 63.4 Å². The normalized spacial score (nSPS) is 15.5. The van der Waals surface area contributed by atoms with Gasteiger partial charge in [0.05, 0.1) is 5.52 Å². The first-order chi connectivity index (χ1) is 11.1. The zero-order valence-electron chi connectivity index (χ0n) is 13.4. The van der Waals surface area contributed by atoms with E-state index in [0.29, 0.717) is 5.56 Å². The molecule has 0 amide bonds. The van der Waals surface area contributed by atoms with Crippen LogP contribution in [0.25, 0.3) is 16.6 Å². The van der Waals surface area contributed by atoms with Gasteiger partial charge in [-0.2, -0.15) is 0 Å². The Bertz CT molecular complexity index is 908. The van der Waals surface area contributed by atoms with Crippen LogP contribution in [0.3, 0.4) is 0 Å². The molecule has 0 atom stereocenters. The molecule has 0 spiro atoms. The molecule has 0 unspecified atom stereocenters. The van der Waals surface area contributed by atoms with Gasteiger partial charge in [0.1, 0.15) is 6.33 Å². The molecule has 1 aromatic carbocycles. The fourth-order valence-electron chi connectivity index (χ4n) is 3.37. The van der Waals surface area contributed by atoms with Crippen LogP contribution >= 0.6 is 0 Å². The van der Waals surface area contributed by atoms with Gasteiger partial charge in [-0.25, -0.2) is 4.98 Å². The Labute approximate surface area is 134 Å². The molecule has 1 aliphatic heterocycles. The van der Waals surface area contributed by atoms with Crippen LogP contribution in [-0.4, -0.2) is 38.5 Å². The molecule has 1 aliphatic rings. The Morgan fingerprint density at radius 3 is 2.70 bits per heavy atom. The maximum absolute atomic E-state index is 12.1. The van der Waals surface area contributed by atoms with Gasteiger partial charge >= 0.3 is 0 Å². The van der Waals surface area contributed by atoms with Crippen molar-refractivity contribution in [3.8, 4) is 0 Å². The summed E-state index contributed by atoms with van der Waals surface area (Å²) in [6.07, 6.45) is 5.29. The van der Waals surface area contributed by atoms with E-state index in [9.17, 15) is 4.79 Å². The van der Waals surface area contributed by atoms with Gasteiger partial charge < -0.3 is 4.90 Å². The SMILES string of the molecule is CC(=O)c1cc(C)cc2c1nc(N1CCCCC1)n1cnnc21. The number of anilines is 1. The van der Waals surface area contributed by atoms with Gasteiger partial charge in [-0.1, -0.05) is 0 Å². The van der Waals surface area contributed by atoms with Crippen molar-refractivity contribution in [3.05, 3.63) is 29.6 Å². The highest BCUT2D eigenvalue weighted by Crippen LogP contribution is 2.28. The van der Waals surface area contributed by atoms with E-state index in [0.717, 1.165) is 54.0 Å². The lowest BCUT2D eigenvalue weighted by atomic mass is 10.0. The van der Waals surface area contributed by atoms with Crippen molar-refractivity contribution in [3.63, 3.8) is 0 Å². The van der Waals surface area contributed by atoms with E-state index < -0.39 is 0 Å². The average molecular weight is 309 g/mol. The number of aromatic nitrogens is 4. The van der Waals surface area contributed by atoms with Crippen LogP contribution in [0, 0.1) is 6.92 Å². The summed E-state index contributed by atoms with van der Waals surface area (Å²) in [5, 5.41) is 9.23. The third kappa shape index (κ3) is 2.25. The number of hydrogen-bond acceptors (Lipinski definition) is 5. The summed E-state index contributed by atoms with van der Waals surface area (Å²) < 4.78 is 1.94. The summed E-state index contributed by atoms with van der Waals surface area (Å²) in [5.41, 5.74) is 3.18. The first-order valence-corrected chi connectivity index (χ1v) is 8.05. The van der Waals surface area contributed by atoms with E-state index in [4.69, 9.17) is 4.98 Å². The minimum atomic E-state index is 0.0275. The number of ketones is 1. The number of carbonyl (C=O) groups is 1. The summed E-state index contributed by atoms with van der Waals surface area (Å²) in [6, 6.07) is 3.93. The van der Waals surface area contributed by atoms with E-state index in [1.165, 1.54) is 6.42 Å². The monoisotopic (exact) mass is 309 g/mol. The highest BCUT2D eigenvalue weighted by Gasteiger charge is 2.20. The Kier molecular flexibility index (Phi) is 3.25. The van der Waals surface area contributed by atoms with Crippen molar-refractivity contribution in [1.29, 1.82) is 0 Å². The molecule has 0 saturated carbocycles. The number of rotatable bonds is 2. The number of benzene rings is 1. The number of aryl methyl sites for hydroxylation is 1. The Morgan fingerprint density at radius 1 is 1.17 bits per heavy atom.